The van der Waals surface area contributed by atoms with E-state index in [1.54, 1.807) is 11.0 Å². The lowest BCUT2D eigenvalue weighted by atomic mass is 9.70. The fourth-order valence-electron chi connectivity index (χ4n) is 6.17. The van der Waals surface area contributed by atoms with Gasteiger partial charge in [0.15, 0.2) is 0 Å². The first-order chi connectivity index (χ1) is 14.0. The standard InChI is InChI=1S/C21H30N2O6/c1-2-10-22(13-6-4-3-5-7-13)19(26)17-21-9-8-14(29-21)15(20(27)28)16(21)18(25)23(17)11-12-24/h2,13-17,24H,1,3-12H2,(H,27,28)/t14-,15+,16+,17-,21+/m1/s1. The fraction of sp³-hybridized carbons (Fsp3) is 0.762. The van der Waals surface area contributed by atoms with Gasteiger partial charge in [0.2, 0.25) is 11.8 Å². The van der Waals surface area contributed by atoms with Gasteiger partial charge in [-0.15, -0.1) is 6.58 Å². The second-order valence-corrected chi connectivity index (χ2v) is 8.72. The quantitative estimate of drug-likeness (QED) is 0.605. The number of carboxylic acid groups (broad SMARTS) is 1. The molecule has 0 unspecified atom stereocenters. The van der Waals surface area contributed by atoms with Crippen LogP contribution in [-0.4, -0.2) is 81.3 Å². The molecule has 0 radical (unpaired) electrons. The van der Waals surface area contributed by atoms with Crippen LogP contribution in [0.4, 0.5) is 0 Å². The van der Waals surface area contributed by atoms with Crippen molar-refractivity contribution >= 4 is 17.8 Å². The van der Waals surface area contributed by atoms with Gasteiger partial charge >= 0.3 is 5.97 Å². The highest BCUT2D eigenvalue weighted by molar-refractivity contribution is 5.98. The third-order valence-electron chi connectivity index (χ3n) is 7.28. The summed E-state index contributed by atoms with van der Waals surface area (Å²) in [6, 6.07) is -0.798. The molecule has 1 spiro atoms. The van der Waals surface area contributed by atoms with E-state index < -0.39 is 35.6 Å². The molecule has 0 aromatic carbocycles. The Morgan fingerprint density at radius 3 is 2.62 bits per heavy atom. The normalized spacial score (nSPS) is 36.3. The summed E-state index contributed by atoms with van der Waals surface area (Å²) in [5, 5.41) is 19.3. The molecule has 8 nitrogen and oxygen atoms in total. The van der Waals surface area contributed by atoms with Gasteiger partial charge in [-0.25, -0.2) is 0 Å². The molecule has 160 valence electrons. The van der Waals surface area contributed by atoms with E-state index in [0.717, 1.165) is 32.1 Å². The maximum atomic E-state index is 13.8. The van der Waals surface area contributed by atoms with Gasteiger partial charge < -0.3 is 24.7 Å². The van der Waals surface area contributed by atoms with Gasteiger partial charge in [0.25, 0.3) is 0 Å². The zero-order chi connectivity index (χ0) is 20.8. The molecule has 4 rings (SSSR count). The molecule has 3 aliphatic heterocycles. The largest absolute Gasteiger partial charge is 0.481 e. The van der Waals surface area contributed by atoms with Crippen molar-refractivity contribution in [1.29, 1.82) is 0 Å². The summed E-state index contributed by atoms with van der Waals surface area (Å²) in [5.41, 5.74) is -1.11. The van der Waals surface area contributed by atoms with Crippen LogP contribution in [0.2, 0.25) is 0 Å². The number of carbonyl (C=O) groups excluding carboxylic acids is 2. The zero-order valence-corrected chi connectivity index (χ0v) is 16.7. The van der Waals surface area contributed by atoms with Crippen molar-refractivity contribution in [2.24, 2.45) is 11.8 Å². The Kier molecular flexibility index (Phi) is 5.42. The van der Waals surface area contributed by atoms with Crippen LogP contribution in [0.15, 0.2) is 12.7 Å². The number of rotatable bonds is 7. The number of nitrogens with zero attached hydrogens (tertiary/aromatic N) is 2. The van der Waals surface area contributed by atoms with Crippen molar-refractivity contribution in [3.8, 4) is 0 Å². The fourth-order valence-corrected chi connectivity index (χ4v) is 6.17. The summed E-state index contributed by atoms with van der Waals surface area (Å²) in [7, 11) is 0. The number of β-amino-alcohol motifs (C(OH)–C–C–N with tert-alkyl or cyclic N) is 1. The first kappa shape index (κ1) is 20.3. The van der Waals surface area contributed by atoms with E-state index in [1.807, 2.05) is 0 Å². The van der Waals surface area contributed by atoms with E-state index in [4.69, 9.17) is 4.74 Å². The Morgan fingerprint density at radius 2 is 2.00 bits per heavy atom. The van der Waals surface area contributed by atoms with E-state index in [0.29, 0.717) is 19.4 Å². The lowest BCUT2D eigenvalue weighted by molar-refractivity contribution is -0.152. The van der Waals surface area contributed by atoms with Crippen molar-refractivity contribution < 1.29 is 29.3 Å². The minimum absolute atomic E-state index is 0.000448. The minimum atomic E-state index is -1.11. The van der Waals surface area contributed by atoms with Crippen molar-refractivity contribution in [3.63, 3.8) is 0 Å². The summed E-state index contributed by atoms with van der Waals surface area (Å²) >= 11 is 0. The van der Waals surface area contributed by atoms with E-state index in [9.17, 15) is 24.6 Å². The number of aliphatic hydroxyl groups excluding tert-OH is 1. The molecular weight excluding hydrogens is 376 g/mol. The van der Waals surface area contributed by atoms with E-state index in [2.05, 4.69) is 6.58 Å². The van der Waals surface area contributed by atoms with Crippen LogP contribution in [-0.2, 0) is 19.1 Å². The lowest BCUT2D eigenvalue weighted by Gasteiger charge is -2.40. The molecular formula is C21H30N2O6. The molecule has 29 heavy (non-hydrogen) atoms. The van der Waals surface area contributed by atoms with Gasteiger partial charge in [0.05, 0.1) is 24.5 Å². The summed E-state index contributed by atoms with van der Waals surface area (Å²) < 4.78 is 6.16. The molecule has 1 saturated carbocycles. The highest BCUT2D eigenvalue weighted by atomic mass is 16.5. The summed E-state index contributed by atoms with van der Waals surface area (Å²) in [5.74, 6) is -3.43. The van der Waals surface area contributed by atoms with Crippen molar-refractivity contribution in [1.82, 2.24) is 9.80 Å². The van der Waals surface area contributed by atoms with Gasteiger partial charge in [-0.2, -0.15) is 0 Å². The van der Waals surface area contributed by atoms with Crippen LogP contribution in [0.3, 0.4) is 0 Å². The number of likely N-dealkylation sites (tertiary alicyclic amines) is 1. The second-order valence-electron chi connectivity index (χ2n) is 8.72. The maximum absolute atomic E-state index is 13.8. The molecule has 0 aromatic rings. The van der Waals surface area contributed by atoms with Crippen LogP contribution in [0.5, 0.6) is 0 Å². The number of ether oxygens (including phenoxy) is 1. The van der Waals surface area contributed by atoms with Crippen LogP contribution in [0.25, 0.3) is 0 Å². The monoisotopic (exact) mass is 406 g/mol. The third kappa shape index (κ3) is 2.99. The number of aliphatic hydroxyl groups is 1. The molecule has 5 atom stereocenters. The molecule has 0 aromatic heterocycles. The Hall–Kier alpha value is -1.93. The first-order valence-corrected chi connectivity index (χ1v) is 10.7. The van der Waals surface area contributed by atoms with E-state index in [1.165, 1.54) is 4.90 Å². The van der Waals surface area contributed by atoms with Crippen molar-refractivity contribution in [2.75, 3.05) is 19.7 Å². The number of aliphatic carboxylic acids is 1. The Morgan fingerprint density at radius 1 is 1.28 bits per heavy atom. The summed E-state index contributed by atoms with van der Waals surface area (Å²) in [6.07, 6.45) is 7.28. The number of hydrogen-bond acceptors (Lipinski definition) is 5. The van der Waals surface area contributed by atoms with E-state index in [-0.39, 0.29) is 31.0 Å². The lowest BCUT2D eigenvalue weighted by Crippen LogP contribution is -2.58. The maximum Gasteiger partial charge on any atom is 0.310 e. The van der Waals surface area contributed by atoms with Crippen molar-refractivity contribution in [2.45, 2.75) is 68.7 Å². The topological polar surface area (TPSA) is 107 Å². The third-order valence-corrected chi connectivity index (χ3v) is 7.28. The molecule has 3 saturated heterocycles. The Labute approximate surface area is 170 Å². The molecule has 3 heterocycles. The number of amides is 2. The predicted molar refractivity (Wildman–Crippen MR) is 103 cm³/mol. The highest BCUT2D eigenvalue weighted by Crippen LogP contribution is 2.58. The van der Waals surface area contributed by atoms with Crippen LogP contribution in [0, 0.1) is 11.8 Å². The van der Waals surface area contributed by atoms with Crippen LogP contribution < -0.4 is 0 Å². The van der Waals surface area contributed by atoms with Crippen LogP contribution in [0.1, 0.15) is 44.9 Å². The average molecular weight is 406 g/mol. The Bertz CT molecular complexity index is 705. The zero-order valence-electron chi connectivity index (χ0n) is 16.7. The molecule has 8 heteroatoms. The number of carbonyl (C=O) groups is 3. The van der Waals surface area contributed by atoms with Gasteiger partial charge in [0, 0.05) is 19.1 Å². The highest BCUT2D eigenvalue weighted by Gasteiger charge is 2.74. The number of hydrogen-bond donors (Lipinski definition) is 2. The molecule has 2 N–H and O–H groups in total. The smallest absolute Gasteiger partial charge is 0.310 e. The number of carboxylic acids is 1. The minimum Gasteiger partial charge on any atom is -0.481 e. The average Bonchev–Trinajstić information content (AvgIpc) is 3.35. The SMILES string of the molecule is C=CCN(C(=O)[C@H]1N(CCO)C(=O)[C@@H]2[C@@H](C(=O)O)[C@H]3CC[C@]21O3)C1CCCCC1. The molecule has 4 fully saturated rings. The number of fused-ring (bicyclic) bond motifs is 1. The first-order valence-electron chi connectivity index (χ1n) is 10.7. The van der Waals surface area contributed by atoms with E-state index >= 15 is 0 Å². The Balaban J connectivity index is 1.71. The van der Waals surface area contributed by atoms with Gasteiger partial charge in [-0.05, 0) is 25.7 Å². The van der Waals surface area contributed by atoms with Gasteiger partial charge in [0.1, 0.15) is 11.6 Å². The summed E-state index contributed by atoms with van der Waals surface area (Å²) in [6.45, 7) is 3.89. The molecule has 4 aliphatic rings. The van der Waals surface area contributed by atoms with Crippen LogP contribution >= 0.6 is 0 Å². The summed E-state index contributed by atoms with van der Waals surface area (Å²) in [4.78, 5) is 42.1. The van der Waals surface area contributed by atoms with Gasteiger partial charge in [-0.1, -0.05) is 25.3 Å². The van der Waals surface area contributed by atoms with Gasteiger partial charge in [-0.3, -0.25) is 14.4 Å². The second kappa shape index (κ2) is 7.72. The van der Waals surface area contributed by atoms with Crippen molar-refractivity contribution in [3.05, 3.63) is 12.7 Å². The molecule has 2 bridgehead atoms. The molecule has 1 aliphatic carbocycles. The predicted octanol–water partition coefficient (Wildman–Crippen LogP) is 0.785. The molecule has 2 amide bonds.